The van der Waals surface area contributed by atoms with E-state index in [2.05, 4.69) is 26.9 Å². The Hall–Kier alpha value is -1.73. The highest BCUT2D eigenvalue weighted by atomic mass is 79.9. The molecule has 0 N–H and O–H groups in total. The summed E-state index contributed by atoms with van der Waals surface area (Å²) in [6.07, 6.45) is 4.14. The van der Waals surface area contributed by atoms with Crippen LogP contribution in [0.5, 0.6) is 0 Å². The molecule has 1 heterocycles. The van der Waals surface area contributed by atoms with E-state index in [4.69, 9.17) is 9.68 Å². The molecule has 1 aromatic heterocycles. The average molecular weight is 317 g/mol. The Kier molecular flexibility index (Phi) is 3.31. The molecule has 1 saturated carbocycles. The van der Waals surface area contributed by atoms with Gasteiger partial charge in [-0.2, -0.15) is 5.26 Å². The standard InChI is InChI=1S/C15H13BrN2O/c16-15-8-13(4-3-11(15)9-17)18(12-5-6-12)10-14-2-1-7-19-14/h1-4,7-8,12H,5-6,10H2. The highest BCUT2D eigenvalue weighted by molar-refractivity contribution is 9.10. The molecule has 1 fully saturated rings. The normalized spacial score (nSPS) is 14.1. The summed E-state index contributed by atoms with van der Waals surface area (Å²) in [6.45, 7) is 0.774. The molecule has 96 valence electrons. The zero-order valence-electron chi connectivity index (χ0n) is 10.3. The molecule has 0 saturated heterocycles. The lowest BCUT2D eigenvalue weighted by Crippen LogP contribution is -2.24. The fourth-order valence-electron chi connectivity index (χ4n) is 2.16. The number of anilines is 1. The van der Waals surface area contributed by atoms with Gasteiger partial charge in [0.1, 0.15) is 11.8 Å². The Balaban J connectivity index is 1.88. The maximum atomic E-state index is 8.97. The van der Waals surface area contributed by atoms with Gasteiger partial charge in [0.2, 0.25) is 0 Å². The molecule has 4 heteroatoms. The Morgan fingerprint density at radius 1 is 1.37 bits per heavy atom. The van der Waals surface area contributed by atoms with Crippen LogP contribution in [-0.4, -0.2) is 6.04 Å². The van der Waals surface area contributed by atoms with E-state index >= 15 is 0 Å². The van der Waals surface area contributed by atoms with Crippen LogP contribution < -0.4 is 4.90 Å². The van der Waals surface area contributed by atoms with E-state index in [9.17, 15) is 0 Å². The lowest BCUT2D eigenvalue weighted by molar-refractivity contribution is 0.501. The van der Waals surface area contributed by atoms with Gasteiger partial charge in [0, 0.05) is 16.2 Å². The molecule has 0 radical (unpaired) electrons. The predicted octanol–water partition coefficient (Wildman–Crippen LogP) is 4.08. The van der Waals surface area contributed by atoms with Gasteiger partial charge in [-0.1, -0.05) is 0 Å². The third kappa shape index (κ3) is 2.66. The van der Waals surface area contributed by atoms with Crippen LogP contribution >= 0.6 is 15.9 Å². The largest absolute Gasteiger partial charge is 0.467 e. The smallest absolute Gasteiger partial charge is 0.123 e. The molecule has 0 bridgehead atoms. The molecule has 2 aromatic rings. The quantitative estimate of drug-likeness (QED) is 0.853. The van der Waals surface area contributed by atoms with Crippen molar-refractivity contribution in [2.75, 3.05) is 4.90 Å². The Morgan fingerprint density at radius 2 is 2.21 bits per heavy atom. The Labute approximate surface area is 120 Å². The SMILES string of the molecule is N#Cc1ccc(N(Cc2ccco2)C2CC2)cc1Br. The van der Waals surface area contributed by atoms with Crippen molar-refractivity contribution in [2.24, 2.45) is 0 Å². The zero-order chi connectivity index (χ0) is 13.2. The van der Waals surface area contributed by atoms with E-state index in [0.29, 0.717) is 11.6 Å². The second kappa shape index (κ2) is 5.10. The average Bonchev–Trinajstić information content (AvgIpc) is 3.13. The minimum Gasteiger partial charge on any atom is -0.467 e. The van der Waals surface area contributed by atoms with Gasteiger partial charge in [-0.25, -0.2) is 0 Å². The van der Waals surface area contributed by atoms with Gasteiger partial charge in [0.05, 0.1) is 18.4 Å². The van der Waals surface area contributed by atoms with Gasteiger partial charge >= 0.3 is 0 Å². The zero-order valence-corrected chi connectivity index (χ0v) is 11.9. The summed E-state index contributed by atoms with van der Waals surface area (Å²) >= 11 is 3.45. The first-order chi connectivity index (χ1) is 9.28. The van der Waals surface area contributed by atoms with Crippen molar-refractivity contribution in [1.29, 1.82) is 5.26 Å². The summed E-state index contributed by atoms with van der Waals surface area (Å²) in [5, 5.41) is 8.97. The maximum absolute atomic E-state index is 8.97. The summed E-state index contributed by atoms with van der Waals surface area (Å²) in [4.78, 5) is 2.34. The fraction of sp³-hybridized carbons (Fsp3) is 0.267. The highest BCUT2D eigenvalue weighted by Gasteiger charge is 2.30. The number of hydrogen-bond acceptors (Lipinski definition) is 3. The molecule has 19 heavy (non-hydrogen) atoms. The van der Waals surface area contributed by atoms with Gasteiger partial charge in [0.25, 0.3) is 0 Å². The summed E-state index contributed by atoms with van der Waals surface area (Å²) in [7, 11) is 0. The monoisotopic (exact) mass is 316 g/mol. The number of hydrogen-bond donors (Lipinski definition) is 0. The second-order valence-corrected chi connectivity index (χ2v) is 5.57. The van der Waals surface area contributed by atoms with Crippen molar-refractivity contribution in [1.82, 2.24) is 0 Å². The Bertz CT molecular complexity index is 612. The molecule has 0 atom stereocenters. The van der Waals surface area contributed by atoms with Crippen molar-refractivity contribution in [2.45, 2.75) is 25.4 Å². The van der Waals surface area contributed by atoms with Gasteiger partial charge < -0.3 is 9.32 Å². The maximum Gasteiger partial charge on any atom is 0.123 e. The second-order valence-electron chi connectivity index (χ2n) is 4.71. The van der Waals surface area contributed by atoms with Crippen molar-refractivity contribution >= 4 is 21.6 Å². The van der Waals surface area contributed by atoms with Crippen LogP contribution in [0.1, 0.15) is 24.2 Å². The third-order valence-electron chi connectivity index (χ3n) is 3.30. The first kappa shape index (κ1) is 12.3. The number of furan rings is 1. The van der Waals surface area contributed by atoms with Crippen molar-refractivity contribution in [3.63, 3.8) is 0 Å². The lowest BCUT2D eigenvalue weighted by Gasteiger charge is -2.24. The van der Waals surface area contributed by atoms with Gasteiger partial charge in [-0.3, -0.25) is 0 Å². The van der Waals surface area contributed by atoms with E-state index in [1.54, 1.807) is 6.26 Å². The van der Waals surface area contributed by atoms with Gasteiger partial charge in [-0.05, 0) is 59.1 Å². The molecule has 3 rings (SSSR count). The lowest BCUT2D eigenvalue weighted by atomic mass is 10.2. The summed E-state index contributed by atoms with van der Waals surface area (Å²) in [5.41, 5.74) is 1.79. The van der Waals surface area contributed by atoms with Crippen LogP contribution in [0.25, 0.3) is 0 Å². The fourth-order valence-corrected chi connectivity index (χ4v) is 2.62. The summed E-state index contributed by atoms with van der Waals surface area (Å²) in [5.74, 6) is 0.965. The molecular formula is C15H13BrN2O. The molecule has 0 spiro atoms. The molecule has 0 aliphatic heterocycles. The predicted molar refractivity (Wildman–Crippen MR) is 76.8 cm³/mol. The van der Waals surface area contributed by atoms with E-state index in [0.717, 1.165) is 22.5 Å². The minimum atomic E-state index is 0.588. The van der Waals surface area contributed by atoms with Crippen LogP contribution in [-0.2, 0) is 6.54 Å². The topological polar surface area (TPSA) is 40.2 Å². The Morgan fingerprint density at radius 3 is 2.79 bits per heavy atom. The van der Waals surface area contributed by atoms with E-state index < -0.39 is 0 Å². The van der Waals surface area contributed by atoms with Crippen molar-refractivity contribution in [3.05, 3.63) is 52.4 Å². The van der Waals surface area contributed by atoms with Crippen LogP contribution in [0.3, 0.4) is 0 Å². The number of rotatable bonds is 4. The summed E-state index contributed by atoms with van der Waals surface area (Å²) in [6, 6.07) is 12.5. The molecule has 1 aromatic carbocycles. The number of nitrogens with zero attached hydrogens (tertiary/aromatic N) is 2. The number of benzene rings is 1. The van der Waals surface area contributed by atoms with E-state index in [-0.39, 0.29) is 0 Å². The first-order valence-electron chi connectivity index (χ1n) is 6.26. The first-order valence-corrected chi connectivity index (χ1v) is 7.06. The molecule has 1 aliphatic carbocycles. The minimum absolute atomic E-state index is 0.588. The highest BCUT2D eigenvalue weighted by Crippen LogP contribution is 2.34. The van der Waals surface area contributed by atoms with Crippen molar-refractivity contribution in [3.8, 4) is 6.07 Å². The van der Waals surface area contributed by atoms with Crippen LogP contribution in [0.4, 0.5) is 5.69 Å². The molecule has 0 unspecified atom stereocenters. The van der Waals surface area contributed by atoms with E-state index in [1.807, 2.05) is 30.3 Å². The molecule has 3 nitrogen and oxygen atoms in total. The molecule has 0 amide bonds. The third-order valence-corrected chi connectivity index (χ3v) is 3.95. The van der Waals surface area contributed by atoms with Gasteiger partial charge in [0.15, 0.2) is 0 Å². The van der Waals surface area contributed by atoms with Crippen LogP contribution in [0.2, 0.25) is 0 Å². The number of nitriles is 1. The molecule has 1 aliphatic rings. The summed E-state index contributed by atoms with van der Waals surface area (Å²) < 4.78 is 6.28. The van der Waals surface area contributed by atoms with Gasteiger partial charge in [-0.15, -0.1) is 0 Å². The molecular weight excluding hydrogens is 304 g/mol. The van der Waals surface area contributed by atoms with Crippen LogP contribution in [0, 0.1) is 11.3 Å². The van der Waals surface area contributed by atoms with Crippen LogP contribution in [0.15, 0.2) is 45.5 Å². The number of halogens is 1. The van der Waals surface area contributed by atoms with E-state index in [1.165, 1.54) is 12.8 Å². The van der Waals surface area contributed by atoms with Crippen molar-refractivity contribution < 1.29 is 4.42 Å².